The van der Waals surface area contributed by atoms with E-state index in [1.807, 2.05) is 4.68 Å². The van der Waals surface area contributed by atoms with Gasteiger partial charge in [0.15, 0.2) is 0 Å². The Morgan fingerprint density at radius 2 is 2.24 bits per heavy atom. The second kappa shape index (κ2) is 6.07. The number of fused-ring (bicyclic) bond motifs is 1. The van der Waals surface area contributed by atoms with Crippen molar-refractivity contribution in [2.75, 3.05) is 33.3 Å². The van der Waals surface area contributed by atoms with Gasteiger partial charge in [0.2, 0.25) is 0 Å². The first-order valence-corrected chi connectivity index (χ1v) is 8.22. The van der Waals surface area contributed by atoms with Crippen molar-refractivity contribution in [3.63, 3.8) is 0 Å². The molecule has 0 spiro atoms. The lowest BCUT2D eigenvalue weighted by Crippen LogP contribution is -2.61. The zero-order chi connectivity index (χ0) is 14.9. The van der Waals surface area contributed by atoms with Crippen molar-refractivity contribution in [3.05, 3.63) is 18.0 Å². The molecule has 0 unspecified atom stereocenters. The summed E-state index contributed by atoms with van der Waals surface area (Å²) in [7, 11) is 2.21. The Kier molecular flexibility index (Phi) is 4.33. The number of aryl methyl sites for hydroxylation is 1. The number of nitrogens with zero attached hydrogens (tertiary/aromatic N) is 4. The summed E-state index contributed by atoms with van der Waals surface area (Å²) in [5.74, 6) is 0. The Balaban J connectivity index is 1.67. The highest BCUT2D eigenvalue weighted by Gasteiger charge is 2.46. The standard InChI is InChI=1S/C16H28N4O/c1-3-20-9-5-14(17-20)11-19-10-7-16(13-21)6-4-8-18(2)15(16)12-19/h5,9,15,21H,3-4,6-8,10-13H2,1-2H3/t15-,16-/m1/s1. The molecule has 2 atom stereocenters. The first kappa shape index (κ1) is 15.0. The molecule has 0 aliphatic carbocycles. The van der Waals surface area contributed by atoms with E-state index in [0.717, 1.165) is 44.8 Å². The summed E-state index contributed by atoms with van der Waals surface area (Å²) in [5.41, 5.74) is 1.29. The van der Waals surface area contributed by atoms with Gasteiger partial charge in [0.05, 0.1) is 12.3 Å². The van der Waals surface area contributed by atoms with Gasteiger partial charge < -0.3 is 10.0 Å². The number of hydrogen-bond acceptors (Lipinski definition) is 4. The minimum absolute atomic E-state index is 0.131. The van der Waals surface area contributed by atoms with Crippen LogP contribution in [0.2, 0.25) is 0 Å². The molecule has 3 heterocycles. The van der Waals surface area contributed by atoms with Gasteiger partial charge in [-0.1, -0.05) is 0 Å². The SMILES string of the molecule is CCn1ccc(CN2CC[C@@]3(CO)CCCN(C)[C@@H]3C2)n1. The van der Waals surface area contributed by atoms with Gasteiger partial charge in [0.25, 0.3) is 0 Å². The molecule has 5 heteroatoms. The molecule has 1 N–H and O–H groups in total. The van der Waals surface area contributed by atoms with Crippen molar-refractivity contribution in [2.45, 2.75) is 45.3 Å². The molecule has 0 radical (unpaired) electrons. The highest BCUT2D eigenvalue weighted by atomic mass is 16.3. The first-order chi connectivity index (χ1) is 10.2. The molecule has 0 amide bonds. The predicted octanol–water partition coefficient (Wildman–Crippen LogP) is 1.18. The highest BCUT2D eigenvalue weighted by Crippen LogP contribution is 2.41. The summed E-state index contributed by atoms with van der Waals surface area (Å²) in [6.45, 7) is 7.59. The first-order valence-electron chi connectivity index (χ1n) is 8.22. The van der Waals surface area contributed by atoms with E-state index < -0.39 is 0 Å². The molecule has 0 bridgehead atoms. The van der Waals surface area contributed by atoms with E-state index in [4.69, 9.17) is 0 Å². The number of aliphatic hydroxyl groups excluding tert-OH is 1. The second-order valence-corrected chi connectivity index (χ2v) is 6.77. The Morgan fingerprint density at radius 3 is 2.95 bits per heavy atom. The molecule has 5 nitrogen and oxygen atoms in total. The largest absolute Gasteiger partial charge is 0.396 e. The van der Waals surface area contributed by atoms with Crippen molar-refractivity contribution >= 4 is 0 Å². The Hall–Kier alpha value is -0.910. The fourth-order valence-electron chi connectivity index (χ4n) is 4.11. The summed E-state index contributed by atoms with van der Waals surface area (Å²) < 4.78 is 1.99. The van der Waals surface area contributed by atoms with Crippen molar-refractivity contribution in [1.82, 2.24) is 19.6 Å². The molecule has 1 aromatic heterocycles. The summed E-state index contributed by atoms with van der Waals surface area (Å²) in [5, 5.41) is 14.5. The van der Waals surface area contributed by atoms with Crippen LogP contribution < -0.4 is 0 Å². The van der Waals surface area contributed by atoms with Crippen molar-refractivity contribution in [2.24, 2.45) is 5.41 Å². The number of piperidine rings is 2. The zero-order valence-electron chi connectivity index (χ0n) is 13.3. The predicted molar refractivity (Wildman–Crippen MR) is 83.0 cm³/mol. The van der Waals surface area contributed by atoms with Crippen LogP contribution in [0.3, 0.4) is 0 Å². The quantitative estimate of drug-likeness (QED) is 0.905. The van der Waals surface area contributed by atoms with Crippen LogP contribution in [0.5, 0.6) is 0 Å². The second-order valence-electron chi connectivity index (χ2n) is 6.77. The molecule has 21 heavy (non-hydrogen) atoms. The van der Waals surface area contributed by atoms with Crippen LogP contribution in [0.25, 0.3) is 0 Å². The lowest BCUT2D eigenvalue weighted by atomic mass is 9.69. The third kappa shape index (κ3) is 2.87. The molecule has 118 valence electrons. The lowest BCUT2D eigenvalue weighted by molar-refractivity contribution is -0.0686. The maximum Gasteiger partial charge on any atom is 0.0764 e. The number of likely N-dealkylation sites (N-methyl/N-ethyl adjacent to an activating group) is 1. The van der Waals surface area contributed by atoms with Crippen LogP contribution in [-0.4, -0.2) is 64.0 Å². The smallest absolute Gasteiger partial charge is 0.0764 e. The topological polar surface area (TPSA) is 44.5 Å². The van der Waals surface area contributed by atoms with Gasteiger partial charge >= 0.3 is 0 Å². The van der Waals surface area contributed by atoms with E-state index in [0.29, 0.717) is 12.6 Å². The van der Waals surface area contributed by atoms with Gasteiger partial charge in [-0.15, -0.1) is 0 Å². The number of likely N-dealkylation sites (tertiary alicyclic amines) is 2. The maximum absolute atomic E-state index is 9.95. The number of aliphatic hydroxyl groups is 1. The van der Waals surface area contributed by atoms with Crippen molar-refractivity contribution in [1.29, 1.82) is 0 Å². The van der Waals surface area contributed by atoms with Crippen LogP contribution in [0, 0.1) is 5.41 Å². The number of rotatable bonds is 4. The fourth-order valence-corrected chi connectivity index (χ4v) is 4.11. The Bertz CT molecular complexity index is 475. The van der Waals surface area contributed by atoms with E-state index in [2.05, 4.69) is 41.1 Å². The average Bonchev–Trinajstić information content (AvgIpc) is 2.96. The van der Waals surface area contributed by atoms with Gasteiger partial charge in [-0.3, -0.25) is 9.58 Å². The van der Waals surface area contributed by atoms with Crippen molar-refractivity contribution in [3.8, 4) is 0 Å². The molecule has 2 aliphatic heterocycles. The molecule has 0 saturated carbocycles. The highest BCUT2D eigenvalue weighted by molar-refractivity contribution is 5.03. The third-order valence-electron chi connectivity index (χ3n) is 5.50. The minimum atomic E-state index is 0.131. The monoisotopic (exact) mass is 292 g/mol. The lowest BCUT2D eigenvalue weighted by Gasteiger charge is -2.53. The van der Waals surface area contributed by atoms with Gasteiger partial charge in [0.1, 0.15) is 0 Å². The summed E-state index contributed by atoms with van der Waals surface area (Å²) >= 11 is 0. The van der Waals surface area contributed by atoms with Crippen LogP contribution in [-0.2, 0) is 13.1 Å². The van der Waals surface area contributed by atoms with Crippen LogP contribution in [0.15, 0.2) is 12.3 Å². The summed E-state index contributed by atoms with van der Waals surface area (Å²) in [4.78, 5) is 4.96. The van der Waals surface area contributed by atoms with Crippen LogP contribution in [0.4, 0.5) is 0 Å². The molecule has 2 fully saturated rings. The fraction of sp³-hybridized carbons (Fsp3) is 0.812. The zero-order valence-corrected chi connectivity index (χ0v) is 13.3. The third-order valence-corrected chi connectivity index (χ3v) is 5.50. The molecule has 2 saturated heterocycles. The van der Waals surface area contributed by atoms with Crippen LogP contribution in [0.1, 0.15) is 31.9 Å². The van der Waals surface area contributed by atoms with E-state index in [-0.39, 0.29) is 5.41 Å². The molecule has 2 aliphatic rings. The summed E-state index contributed by atoms with van der Waals surface area (Å²) in [6, 6.07) is 2.61. The number of hydrogen-bond donors (Lipinski definition) is 1. The molecule has 3 rings (SSSR count). The molecular formula is C16H28N4O. The van der Waals surface area contributed by atoms with E-state index in [1.165, 1.54) is 12.8 Å². The Morgan fingerprint density at radius 1 is 1.38 bits per heavy atom. The van der Waals surface area contributed by atoms with Gasteiger partial charge in [-0.05, 0) is 52.4 Å². The van der Waals surface area contributed by atoms with Crippen LogP contribution >= 0.6 is 0 Å². The van der Waals surface area contributed by atoms with E-state index >= 15 is 0 Å². The van der Waals surface area contributed by atoms with Gasteiger partial charge in [-0.2, -0.15) is 5.10 Å². The summed E-state index contributed by atoms with van der Waals surface area (Å²) in [6.07, 6.45) is 5.56. The average molecular weight is 292 g/mol. The normalized spacial score (nSPS) is 31.3. The Labute approximate surface area is 127 Å². The van der Waals surface area contributed by atoms with Crippen molar-refractivity contribution < 1.29 is 5.11 Å². The molecule has 0 aromatic carbocycles. The number of aromatic nitrogens is 2. The van der Waals surface area contributed by atoms with Gasteiger partial charge in [-0.25, -0.2) is 0 Å². The van der Waals surface area contributed by atoms with Gasteiger partial charge in [0, 0.05) is 37.3 Å². The maximum atomic E-state index is 9.95. The van der Waals surface area contributed by atoms with E-state index in [9.17, 15) is 5.11 Å². The van der Waals surface area contributed by atoms with E-state index in [1.54, 1.807) is 0 Å². The molecule has 1 aromatic rings. The minimum Gasteiger partial charge on any atom is -0.396 e. The molecular weight excluding hydrogens is 264 g/mol.